The fourth-order valence-corrected chi connectivity index (χ4v) is 1.55. The topological polar surface area (TPSA) is 60.4 Å². The van der Waals surface area contributed by atoms with Crippen molar-refractivity contribution in [3.05, 3.63) is 29.3 Å². The molecule has 4 heteroatoms. The normalized spacial score (nSPS) is 12.8. The summed E-state index contributed by atoms with van der Waals surface area (Å²) in [6, 6.07) is 4.64. The van der Waals surface area contributed by atoms with E-state index in [9.17, 15) is 8.76 Å². The van der Waals surface area contributed by atoms with Crippen LogP contribution < -0.4 is 0 Å². The maximum Gasteiger partial charge on any atom is 0.115 e. The van der Waals surface area contributed by atoms with Gasteiger partial charge >= 0.3 is 0 Å². The molecule has 0 saturated carbocycles. The summed E-state index contributed by atoms with van der Waals surface area (Å²) in [5.74, 6) is 0.166. The Morgan fingerprint density at radius 3 is 2.75 bits per heavy atom. The number of benzene rings is 1. The van der Waals surface area contributed by atoms with Crippen LogP contribution in [0.5, 0.6) is 5.75 Å². The van der Waals surface area contributed by atoms with Gasteiger partial charge in [0, 0.05) is 5.75 Å². The van der Waals surface area contributed by atoms with Gasteiger partial charge in [0.05, 0.1) is 0 Å². The van der Waals surface area contributed by atoms with Crippen molar-refractivity contribution in [2.75, 3.05) is 0 Å². The number of hydrogen-bond donors (Lipinski definition) is 1. The van der Waals surface area contributed by atoms with Crippen molar-refractivity contribution in [3.63, 3.8) is 0 Å². The molecule has 0 radical (unpaired) electrons. The van der Waals surface area contributed by atoms with E-state index in [-0.39, 0.29) is 11.5 Å². The van der Waals surface area contributed by atoms with Gasteiger partial charge in [-0.25, -0.2) is 0 Å². The van der Waals surface area contributed by atoms with Crippen LogP contribution in [0.25, 0.3) is 0 Å². The summed E-state index contributed by atoms with van der Waals surface area (Å²) in [7, 11) is 0. The molecule has 1 aromatic carbocycles. The van der Waals surface area contributed by atoms with E-state index < -0.39 is 11.1 Å². The van der Waals surface area contributed by atoms with Crippen LogP contribution in [-0.4, -0.2) is 13.9 Å². The van der Waals surface area contributed by atoms with Crippen molar-refractivity contribution in [2.45, 2.75) is 12.7 Å². The van der Waals surface area contributed by atoms with Gasteiger partial charge in [0.15, 0.2) is 0 Å². The van der Waals surface area contributed by atoms with E-state index in [2.05, 4.69) is 0 Å². The van der Waals surface area contributed by atoms with Crippen LogP contribution in [-0.2, 0) is 16.8 Å². The number of aryl methyl sites for hydroxylation is 1. The monoisotopic (exact) mass is 185 g/mol. The quantitative estimate of drug-likeness (QED) is 0.701. The van der Waals surface area contributed by atoms with Gasteiger partial charge in [0.2, 0.25) is 0 Å². The van der Waals surface area contributed by atoms with Crippen molar-refractivity contribution >= 4 is 11.1 Å². The molecule has 0 heterocycles. The van der Waals surface area contributed by atoms with Crippen LogP contribution in [0.4, 0.5) is 0 Å². The van der Waals surface area contributed by atoms with Crippen LogP contribution >= 0.6 is 0 Å². The second kappa shape index (κ2) is 3.69. The Kier molecular flexibility index (Phi) is 2.83. The maximum atomic E-state index is 10.3. The van der Waals surface area contributed by atoms with Crippen LogP contribution in [0, 0.1) is 6.92 Å². The Morgan fingerprint density at radius 2 is 2.25 bits per heavy atom. The van der Waals surface area contributed by atoms with Gasteiger partial charge in [-0.1, -0.05) is 17.1 Å². The Balaban J connectivity index is 2.93. The van der Waals surface area contributed by atoms with E-state index in [1.54, 1.807) is 19.1 Å². The van der Waals surface area contributed by atoms with Gasteiger partial charge in [-0.05, 0) is 30.2 Å². The maximum absolute atomic E-state index is 10.3. The van der Waals surface area contributed by atoms with E-state index in [0.717, 1.165) is 11.1 Å². The molecule has 0 aliphatic heterocycles. The second-order valence-electron chi connectivity index (χ2n) is 2.56. The van der Waals surface area contributed by atoms with Crippen molar-refractivity contribution in [3.8, 4) is 5.75 Å². The highest BCUT2D eigenvalue weighted by molar-refractivity contribution is 7.78. The molecule has 0 saturated heterocycles. The van der Waals surface area contributed by atoms with Crippen LogP contribution in [0.3, 0.4) is 0 Å². The van der Waals surface area contributed by atoms with Gasteiger partial charge in [-0.3, -0.25) is 4.21 Å². The predicted octanol–water partition coefficient (Wildman–Crippen LogP) is 1.08. The summed E-state index contributed by atoms with van der Waals surface area (Å²) in [5, 5.41) is 9.02. The highest BCUT2D eigenvalue weighted by Gasteiger charge is 1.98. The van der Waals surface area contributed by atoms with E-state index in [4.69, 9.17) is 5.11 Å². The first-order valence-electron chi connectivity index (χ1n) is 3.44. The Morgan fingerprint density at radius 1 is 1.58 bits per heavy atom. The summed E-state index contributed by atoms with van der Waals surface area (Å²) in [6.45, 7) is 1.77. The molecule has 1 atom stereocenters. The third kappa shape index (κ3) is 2.32. The van der Waals surface area contributed by atoms with E-state index in [0.29, 0.717) is 0 Å². The van der Waals surface area contributed by atoms with E-state index in [1.165, 1.54) is 6.07 Å². The lowest BCUT2D eigenvalue weighted by Crippen LogP contribution is -1.95. The zero-order chi connectivity index (χ0) is 9.14. The Labute approximate surface area is 73.3 Å². The molecule has 1 N–H and O–H groups in total. The first-order valence-corrected chi connectivity index (χ1v) is 4.68. The molecule has 0 fully saturated rings. The average molecular weight is 185 g/mol. The van der Waals surface area contributed by atoms with Crippen LogP contribution in [0.15, 0.2) is 18.2 Å². The number of hydrogen-bond acceptors (Lipinski definition) is 3. The lowest BCUT2D eigenvalue weighted by molar-refractivity contribution is 0.474. The first kappa shape index (κ1) is 9.22. The molecule has 3 nitrogen and oxygen atoms in total. The average Bonchev–Trinajstić information content (AvgIpc) is 1.94. The van der Waals surface area contributed by atoms with Crippen LogP contribution in [0.2, 0.25) is 0 Å². The zero-order valence-electron chi connectivity index (χ0n) is 6.61. The lowest BCUT2D eigenvalue weighted by atomic mass is 10.1. The van der Waals surface area contributed by atoms with Gasteiger partial charge < -0.3 is 9.66 Å². The molecule has 0 aliphatic carbocycles. The molecule has 0 spiro atoms. The molecule has 0 bridgehead atoms. The highest BCUT2D eigenvalue weighted by Crippen LogP contribution is 2.16. The number of rotatable bonds is 2. The molecular weight excluding hydrogens is 176 g/mol. The number of phenols is 1. The van der Waals surface area contributed by atoms with Gasteiger partial charge in [-0.2, -0.15) is 0 Å². The summed E-state index contributed by atoms with van der Waals surface area (Å²) in [6.07, 6.45) is 0. The number of aromatic hydroxyl groups is 1. The van der Waals surface area contributed by atoms with Gasteiger partial charge in [0.25, 0.3) is 0 Å². The molecule has 66 valence electrons. The van der Waals surface area contributed by atoms with Gasteiger partial charge in [-0.15, -0.1) is 0 Å². The summed E-state index contributed by atoms with van der Waals surface area (Å²) < 4.78 is 20.7. The fraction of sp³-hybridized carbons (Fsp3) is 0.250. The van der Waals surface area contributed by atoms with Crippen molar-refractivity contribution in [1.82, 2.24) is 0 Å². The first-order chi connectivity index (χ1) is 5.59. The largest absolute Gasteiger partial charge is 0.772 e. The van der Waals surface area contributed by atoms with E-state index in [1.807, 2.05) is 0 Å². The minimum atomic E-state index is -2.07. The Bertz CT molecular complexity index is 309. The summed E-state index contributed by atoms with van der Waals surface area (Å²) in [4.78, 5) is 0. The summed E-state index contributed by atoms with van der Waals surface area (Å²) >= 11 is -2.07. The smallest absolute Gasteiger partial charge is 0.115 e. The zero-order valence-corrected chi connectivity index (χ0v) is 7.43. The molecular formula is C8H9O3S-. The molecule has 0 aromatic heterocycles. The molecule has 0 amide bonds. The molecule has 12 heavy (non-hydrogen) atoms. The molecule has 1 unspecified atom stereocenters. The van der Waals surface area contributed by atoms with Crippen molar-refractivity contribution < 1.29 is 13.9 Å². The molecule has 0 aliphatic rings. The van der Waals surface area contributed by atoms with Gasteiger partial charge in [0.1, 0.15) is 5.75 Å². The highest BCUT2D eigenvalue weighted by atomic mass is 32.2. The van der Waals surface area contributed by atoms with Crippen molar-refractivity contribution in [1.29, 1.82) is 0 Å². The van der Waals surface area contributed by atoms with Crippen molar-refractivity contribution in [2.24, 2.45) is 0 Å². The van der Waals surface area contributed by atoms with E-state index >= 15 is 0 Å². The Hall–Kier alpha value is -0.870. The standard InChI is InChI=1S/C8H10O3S/c1-6-4-8(9)3-2-7(6)5-12(10)11/h2-4,9H,5H2,1H3,(H,10,11)/p-1. The lowest BCUT2D eigenvalue weighted by Gasteiger charge is -2.07. The minimum Gasteiger partial charge on any atom is -0.772 e. The molecule has 1 aromatic rings. The molecule has 1 rings (SSSR count). The van der Waals surface area contributed by atoms with Crippen LogP contribution in [0.1, 0.15) is 11.1 Å². The SMILES string of the molecule is Cc1cc(O)ccc1CS(=O)[O-]. The number of phenolic OH excluding ortho intramolecular Hbond substituents is 1. The fourth-order valence-electron chi connectivity index (χ4n) is 0.969. The predicted molar refractivity (Wildman–Crippen MR) is 45.5 cm³/mol. The third-order valence-corrected chi connectivity index (χ3v) is 2.15. The third-order valence-electron chi connectivity index (χ3n) is 1.60. The second-order valence-corrected chi connectivity index (χ2v) is 3.46. The summed E-state index contributed by atoms with van der Waals surface area (Å²) in [5.41, 5.74) is 1.51. The minimum absolute atomic E-state index is 0.00606.